The summed E-state index contributed by atoms with van der Waals surface area (Å²) in [5.41, 5.74) is 2.84. The van der Waals surface area contributed by atoms with Crippen molar-refractivity contribution in [1.82, 2.24) is 14.7 Å². The van der Waals surface area contributed by atoms with Crippen molar-refractivity contribution in [2.24, 2.45) is 7.05 Å². The first-order valence-electron chi connectivity index (χ1n) is 11.9. The van der Waals surface area contributed by atoms with E-state index in [2.05, 4.69) is 11.8 Å². The fourth-order valence-corrected chi connectivity index (χ4v) is 3.89. The molecule has 0 bridgehead atoms. The Labute approximate surface area is 202 Å². The molecule has 1 heterocycles. The Balaban J connectivity index is 1.96. The normalized spacial score (nSPS) is 12.4. The van der Waals surface area contributed by atoms with E-state index in [0.29, 0.717) is 37.1 Å². The predicted octanol–water partition coefficient (Wildman–Crippen LogP) is 4.89. The van der Waals surface area contributed by atoms with Crippen molar-refractivity contribution in [3.8, 4) is 28.6 Å². The van der Waals surface area contributed by atoms with Crippen molar-refractivity contribution >= 4 is 0 Å². The summed E-state index contributed by atoms with van der Waals surface area (Å²) < 4.78 is 19.3. The van der Waals surface area contributed by atoms with Crippen LogP contribution < -0.4 is 9.47 Å². The van der Waals surface area contributed by atoms with E-state index in [1.54, 1.807) is 11.8 Å². The average molecular weight is 468 g/mol. The second-order valence-corrected chi connectivity index (χ2v) is 8.65. The molecular weight excluding hydrogens is 430 g/mol. The van der Waals surface area contributed by atoms with Gasteiger partial charge < -0.3 is 19.3 Å². The molecule has 3 rings (SSSR count). The highest BCUT2D eigenvalue weighted by Crippen LogP contribution is 2.37. The van der Waals surface area contributed by atoms with Crippen LogP contribution in [0.15, 0.2) is 54.6 Å². The van der Waals surface area contributed by atoms with Gasteiger partial charge in [0.15, 0.2) is 11.5 Å². The second kappa shape index (κ2) is 12.6. The molecule has 3 aromatic rings. The lowest BCUT2D eigenvalue weighted by atomic mass is 10.1. The summed E-state index contributed by atoms with van der Waals surface area (Å²) in [5, 5.41) is 15.4. The lowest BCUT2D eigenvalue weighted by molar-refractivity contribution is -0.00953. The van der Waals surface area contributed by atoms with Crippen molar-refractivity contribution in [2.45, 2.75) is 45.9 Å². The Morgan fingerprint density at radius 1 is 1.03 bits per heavy atom. The molecule has 0 radical (unpaired) electrons. The zero-order valence-electron chi connectivity index (χ0n) is 20.9. The van der Waals surface area contributed by atoms with Crippen LogP contribution in [0.3, 0.4) is 0 Å². The first-order valence-corrected chi connectivity index (χ1v) is 11.9. The van der Waals surface area contributed by atoms with Crippen LogP contribution in [0.25, 0.3) is 11.3 Å². The molecule has 0 spiro atoms. The van der Waals surface area contributed by atoms with E-state index in [-0.39, 0.29) is 6.10 Å². The minimum absolute atomic E-state index is 0.0816. The van der Waals surface area contributed by atoms with Crippen molar-refractivity contribution in [2.75, 3.05) is 26.8 Å². The quantitative estimate of drug-likeness (QED) is 0.386. The predicted molar refractivity (Wildman–Crippen MR) is 134 cm³/mol. The number of hydrogen-bond acceptors (Lipinski definition) is 6. The molecule has 0 aliphatic carbocycles. The van der Waals surface area contributed by atoms with Gasteiger partial charge in [0.1, 0.15) is 5.69 Å². The van der Waals surface area contributed by atoms with Gasteiger partial charge in [0, 0.05) is 25.7 Å². The monoisotopic (exact) mass is 467 g/mol. The third-order valence-corrected chi connectivity index (χ3v) is 5.42. The van der Waals surface area contributed by atoms with Crippen LogP contribution in [0.5, 0.6) is 17.4 Å². The summed E-state index contributed by atoms with van der Waals surface area (Å²) in [4.78, 5) is 2.23. The highest BCUT2D eigenvalue weighted by Gasteiger charge is 2.24. The highest BCUT2D eigenvalue weighted by atomic mass is 16.5. The molecule has 184 valence electrons. The number of para-hydroxylation sites is 2. The van der Waals surface area contributed by atoms with E-state index < -0.39 is 6.10 Å². The maximum atomic E-state index is 10.6. The van der Waals surface area contributed by atoms with Crippen LogP contribution in [0.4, 0.5) is 0 Å². The fraction of sp³-hybridized carbons (Fsp3) is 0.444. The third kappa shape index (κ3) is 6.82. The van der Waals surface area contributed by atoms with Gasteiger partial charge in [-0.2, -0.15) is 5.10 Å². The third-order valence-electron chi connectivity index (χ3n) is 5.42. The zero-order chi connectivity index (χ0) is 24.5. The summed E-state index contributed by atoms with van der Waals surface area (Å²) in [5.74, 6) is 1.93. The SMILES string of the molecule is CCCN(Cc1c(-c2ccccc2)nn(C)c1Oc1ccccc1OC)C[C@H](O)COC(C)C. The molecule has 0 aliphatic heterocycles. The number of aliphatic hydroxyl groups excluding tert-OH is 1. The topological polar surface area (TPSA) is 69.0 Å². The van der Waals surface area contributed by atoms with Crippen LogP contribution in [0.2, 0.25) is 0 Å². The summed E-state index contributed by atoms with van der Waals surface area (Å²) >= 11 is 0. The standard InChI is InChI=1S/C27H37N3O4/c1-6-16-30(17-22(31)19-33-20(2)3)18-23-26(21-12-8-7-9-13-21)28-29(4)27(23)34-25-15-11-10-14-24(25)32-5/h7-15,20,22,31H,6,16-19H2,1-5H3/t22-/m0/s1. The van der Waals surface area contributed by atoms with Gasteiger partial charge in [0.05, 0.1) is 31.5 Å². The first-order chi connectivity index (χ1) is 16.4. The Morgan fingerprint density at radius 3 is 2.35 bits per heavy atom. The Bertz CT molecular complexity index is 1020. The zero-order valence-corrected chi connectivity index (χ0v) is 20.9. The smallest absolute Gasteiger partial charge is 0.222 e. The molecule has 1 atom stereocenters. The van der Waals surface area contributed by atoms with Crippen LogP contribution in [-0.4, -0.2) is 58.8 Å². The lowest BCUT2D eigenvalue weighted by Crippen LogP contribution is -2.35. The van der Waals surface area contributed by atoms with Gasteiger partial charge in [-0.05, 0) is 38.9 Å². The van der Waals surface area contributed by atoms with E-state index in [4.69, 9.17) is 19.3 Å². The maximum Gasteiger partial charge on any atom is 0.222 e. The lowest BCUT2D eigenvalue weighted by Gasteiger charge is -2.25. The summed E-state index contributed by atoms with van der Waals surface area (Å²) in [6.45, 7) is 8.29. The van der Waals surface area contributed by atoms with Gasteiger partial charge in [0.25, 0.3) is 0 Å². The number of aryl methyl sites for hydroxylation is 1. The Morgan fingerprint density at radius 2 is 1.71 bits per heavy atom. The molecule has 2 aromatic carbocycles. The number of aromatic nitrogens is 2. The molecule has 0 fully saturated rings. The molecule has 0 unspecified atom stereocenters. The van der Waals surface area contributed by atoms with Crippen LogP contribution in [0.1, 0.15) is 32.8 Å². The van der Waals surface area contributed by atoms with E-state index in [1.165, 1.54) is 0 Å². The number of benzene rings is 2. The maximum absolute atomic E-state index is 10.6. The average Bonchev–Trinajstić information content (AvgIpc) is 3.13. The van der Waals surface area contributed by atoms with Gasteiger partial charge in [-0.1, -0.05) is 49.4 Å². The number of methoxy groups -OCH3 is 1. The number of hydrogen-bond donors (Lipinski definition) is 1. The van der Waals surface area contributed by atoms with E-state index >= 15 is 0 Å². The van der Waals surface area contributed by atoms with Crippen LogP contribution >= 0.6 is 0 Å². The summed E-state index contributed by atoms with van der Waals surface area (Å²) in [6.07, 6.45) is 0.462. The van der Waals surface area contributed by atoms with Crippen LogP contribution in [-0.2, 0) is 18.3 Å². The van der Waals surface area contributed by atoms with Gasteiger partial charge >= 0.3 is 0 Å². The number of ether oxygens (including phenoxy) is 3. The molecule has 34 heavy (non-hydrogen) atoms. The molecule has 1 aromatic heterocycles. The highest BCUT2D eigenvalue weighted by molar-refractivity contribution is 5.65. The van der Waals surface area contributed by atoms with E-state index in [9.17, 15) is 5.11 Å². The molecule has 7 heteroatoms. The Kier molecular flexibility index (Phi) is 9.51. The second-order valence-electron chi connectivity index (χ2n) is 8.65. The Hall–Kier alpha value is -2.87. The van der Waals surface area contributed by atoms with Crippen molar-refractivity contribution in [3.05, 3.63) is 60.2 Å². The molecule has 7 nitrogen and oxygen atoms in total. The molecule has 1 N–H and O–H groups in total. The van der Waals surface area contributed by atoms with Gasteiger partial charge in [-0.3, -0.25) is 4.90 Å². The number of rotatable bonds is 13. The summed E-state index contributed by atoms with van der Waals surface area (Å²) in [7, 11) is 3.52. The minimum Gasteiger partial charge on any atom is -0.493 e. The molecule has 0 aliphatic rings. The van der Waals surface area contributed by atoms with E-state index in [1.807, 2.05) is 75.5 Å². The molecule has 0 saturated heterocycles. The van der Waals surface area contributed by atoms with Gasteiger partial charge in [-0.25, -0.2) is 4.68 Å². The fourth-order valence-electron chi connectivity index (χ4n) is 3.89. The van der Waals surface area contributed by atoms with Crippen molar-refractivity contribution in [1.29, 1.82) is 0 Å². The van der Waals surface area contributed by atoms with Gasteiger partial charge in [0.2, 0.25) is 5.88 Å². The minimum atomic E-state index is -0.579. The molecular formula is C27H37N3O4. The van der Waals surface area contributed by atoms with Crippen molar-refractivity contribution < 1.29 is 19.3 Å². The molecule has 0 amide bonds. The number of nitrogens with zero attached hydrogens (tertiary/aromatic N) is 3. The molecule has 0 saturated carbocycles. The summed E-state index contributed by atoms with van der Waals surface area (Å²) in [6, 6.07) is 17.7. The number of aliphatic hydroxyl groups is 1. The van der Waals surface area contributed by atoms with Crippen molar-refractivity contribution in [3.63, 3.8) is 0 Å². The van der Waals surface area contributed by atoms with E-state index in [0.717, 1.165) is 29.8 Å². The largest absolute Gasteiger partial charge is 0.493 e. The van der Waals surface area contributed by atoms with Gasteiger partial charge in [-0.15, -0.1) is 0 Å². The first kappa shape index (κ1) is 25.7. The van der Waals surface area contributed by atoms with Crippen LogP contribution in [0, 0.1) is 0 Å².